The Morgan fingerprint density at radius 1 is 1.06 bits per heavy atom. The van der Waals surface area contributed by atoms with Crippen LogP contribution in [0.15, 0.2) is 24.5 Å². The summed E-state index contributed by atoms with van der Waals surface area (Å²) in [4.78, 5) is 16.5. The molecule has 0 amide bonds. The first-order valence-corrected chi connectivity index (χ1v) is 14.6. The van der Waals surface area contributed by atoms with Crippen LogP contribution in [-0.2, 0) is 24.8 Å². The van der Waals surface area contributed by atoms with E-state index in [9.17, 15) is 4.79 Å². The molecule has 4 radical (unpaired) electrons. The number of esters is 1. The third-order valence-corrected chi connectivity index (χ3v) is 7.01. The molecule has 32 heavy (non-hydrogen) atoms. The summed E-state index contributed by atoms with van der Waals surface area (Å²) in [5, 5.41) is 0. The highest BCUT2D eigenvalue weighted by molar-refractivity contribution is 6.26. The highest BCUT2D eigenvalue weighted by atomic mass is 28.2. The lowest BCUT2D eigenvalue weighted by molar-refractivity contribution is -0.151. The number of aromatic nitrogens is 1. The molecule has 0 fully saturated rings. The molecule has 0 spiro atoms. The first-order chi connectivity index (χ1) is 15.2. The van der Waals surface area contributed by atoms with E-state index in [1.54, 1.807) is 0 Å². The second-order valence-corrected chi connectivity index (χ2v) is 11.2. The Balaban J connectivity index is 2.62. The minimum atomic E-state index is -0.454. The molecule has 0 aliphatic heterocycles. The van der Waals surface area contributed by atoms with Crippen molar-refractivity contribution in [1.29, 1.82) is 0 Å². The van der Waals surface area contributed by atoms with Crippen LogP contribution in [-0.4, -0.2) is 43.9 Å². The van der Waals surface area contributed by atoms with E-state index in [0.29, 0.717) is 25.4 Å². The predicted octanol–water partition coefficient (Wildman–Crippen LogP) is 5.89. The van der Waals surface area contributed by atoms with Crippen LogP contribution < -0.4 is 0 Å². The van der Waals surface area contributed by atoms with Gasteiger partial charge in [0, 0.05) is 17.8 Å². The number of methoxy groups -OCH3 is 1. The van der Waals surface area contributed by atoms with Gasteiger partial charge in [0.15, 0.2) is 0 Å². The first-order valence-electron chi connectivity index (χ1n) is 11.8. The quantitative estimate of drug-likeness (QED) is 0.121. The summed E-state index contributed by atoms with van der Waals surface area (Å²) < 4.78 is 16.8. The van der Waals surface area contributed by atoms with E-state index in [0.717, 1.165) is 51.4 Å². The Labute approximate surface area is 201 Å². The molecular formula is C25H43NO4Si2. The molecule has 180 valence electrons. The van der Waals surface area contributed by atoms with Crippen LogP contribution in [0, 0.1) is 16.7 Å². The van der Waals surface area contributed by atoms with E-state index in [1.807, 2.05) is 45.4 Å². The van der Waals surface area contributed by atoms with Gasteiger partial charge in [-0.1, -0.05) is 45.6 Å². The van der Waals surface area contributed by atoms with E-state index in [1.165, 1.54) is 12.7 Å². The van der Waals surface area contributed by atoms with Crippen molar-refractivity contribution >= 4 is 25.5 Å². The van der Waals surface area contributed by atoms with Crippen LogP contribution in [0.5, 0.6) is 0 Å². The number of nitrogens with zero attached hydrogens (tertiary/aromatic N) is 1. The van der Waals surface area contributed by atoms with Gasteiger partial charge in [-0.05, 0) is 70.2 Å². The molecule has 1 unspecified atom stereocenters. The van der Waals surface area contributed by atoms with E-state index in [-0.39, 0.29) is 17.7 Å². The van der Waals surface area contributed by atoms with Crippen LogP contribution in [0.2, 0.25) is 13.1 Å². The topological polar surface area (TPSA) is 57.7 Å². The molecule has 1 aromatic rings. The number of ether oxygens (including phenoxy) is 1. The number of hydrogen-bond donors (Lipinski definition) is 0. The van der Waals surface area contributed by atoms with Crippen molar-refractivity contribution in [3.05, 3.63) is 30.1 Å². The largest absolute Gasteiger partial charge is 0.469 e. The zero-order chi connectivity index (χ0) is 24.0. The smallest absolute Gasteiger partial charge is 0.311 e. The number of aryl methyl sites for hydroxylation is 1. The predicted molar refractivity (Wildman–Crippen MR) is 133 cm³/mol. The molecule has 1 heterocycles. The van der Waals surface area contributed by atoms with Crippen molar-refractivity contribution in [2.24, 2.45) is 16.7 Å². The third-order valence-electron chi connectivity index (χ3n) is 6.11. The van der Waals surface area contributed by atoms with Crippen LogP contribution >= 0.6 is 0 Å². The molecule has 7 heteroatoms. The van der Waals surface area contributed by atoms with Crippen molar-refractivity contribution in [2.45, 2.75) is 98.4 Å². The van der Waals surface area contributed by atoms with Gasteiger partial charge in [-0.25, -0.2) is 0 Å². The van der Waals surface area contributed by atoms with Gasteiger partial charge in [0.25, 0.3) is 0 Å². The number of carbonyl (C=O) groups is 1. The molecule has 0 N–H and O–H groups in total. The number of unbranched alkanes of at least 4 members (excludes halogenated alkanes) is 1. The summed E-state index contributed by atoms with van der Waals surface area (Å²) in [5.74, 6) is 0.384. The van der Waals surface area contributed by atoms with Gasteiger partial charge < -0.3 is 13.6 Å². The van der Waals surface area contributed by atoms with Gasteiger partial charge in [-0.2, -0.15) is 0 Å². The normalized spacial score (nSPS) is 13.4. The van der Waals surface area contributed by atoms with Gasteiger partial charge in [0.1, 0.15) is 6.29 Å². The summed E-state index contributed by atoms with van der Waals surface area (Å²) in [6, 6.07) is 4.13. The average Bonchev–Trinajstić information content (AvgIpc) is 2.76. The zero-order valence-corrected chi connectivity index (χ0v) is 23.2. The molecule has 5 nitrogen and oxygen atoms in total. The Morgan fingerprint density at radius 3 is 2.28 bits per heavy atom. The molecule has 0 aromatic carbocycles. The van der Waals surface area contributed by atoms with Gasteiger partial charge >= 0.3 is 5.97 Å². The number of hydrogen-bond acceptors (Lipinski definition) is 5. The fourth-order valence-corrected chi connectivity index (χ4v) is 5.52. The fraction of sp³-hybridized carbons (Fsp3) is 0.760. The highest BCUT2D eigenvalue weighted by Gasteiger charge is 2.32. The maximum Gasteiger partial charge on any atom is 0.311 e. The molecule has 1 aromatic heterocycles. The van der Waals surface area contributed by atoms with Crippen molar-refractivity contribution in [3.63, 3.8) is 0 Å². The Hall–Kier alpha value is -1.03. The van der Waals surface area contributed by atoms with Gasteiger partial charge in [-0.15, -0.1) is 0 Å². The van der Waals surface area contributed by atoms with Crippen molar-refractivity contribution in [1.82, 2.24) is 4.98 Å². The maximum atomic E-state index is 12.3. The monoisotopic (exact) mass is 477 g/mol. The summed E-state index contributed by atoms with van der Waals surface area (Å²) in [6.07, 6.45) is 12.2. The summed E-state index contributed by atoms with van der Waals surface area (Å²) in [5.41, 5.74) is 0.816. The molecular weight excluding hydrogens is 434 g/mol. The van der Waals surface area contributed by atoms with Crippen LogP contribution in [0.3, 0.4) is 0 Å². The van der Waals surface area contributed by atoms with E-state index < -0.39 is 5.41 Å². The lowest BCUT2D eigenvalue weighted by Gasteiger charge is -2.34. The summed E-state index contributed by atoms with van der Waals surface area (Å²) in [7, 11) is 2.35. The lowest BCUT2D eigenvalue weighted by atomic mass is 9.78. The van der Waals surface area contributed by atoms with Crippen LogP contribution in [0.1, 0.15) is 78.2 Å². The number of pyridine rings is 1. The Kier molecular flexibility index (Phi) is 13.6. The SMILES string of the molecule is COC(=O)C(C)(C)CC(CCCCC(C)(C)C(O[Si]C)O[Si]C)CCCc1cccnc1. The highest BCUT2D eigenvalue weighted by Crippen LogP contribution is 2.35. The molecule has 0 saturated heterocycles. The molecule has 0 aliphatic rings. The summed E-state index contributed by atoms with van der Waals surface area (Å²) in [6.45, 7) is 12.6. The van der Waals surface area contributed by atoms with Crippen LogP contribution in [0.4, 0.5) is 0 Å². The molecule has 1 rings (SSSR count). The third kappa shape index (κ3) is 10.7. The second-order valence-electron chi connectivity index (χ2n) is 9.91. The molecule has 0 saturated carbocycles. The van der Waals surface area contributed by atoms with Gasteiger partial charge in [0.2, 0.25) is 19.5 Å². The maximum absolute atomic E-state index is 12.3. The van der Waals surface area contributed by atoms with Crippen LogP contribution in [0.25, 0.3) is 0 Å². The molecule has 1 atom stereocenters. The first kappa shape index (κ1) is 29.0. The van der Waals surface area contributed by atoms with Crippen molar-refractivity contribution < 1.29 is 18.4 Å². The molecule has 0 bridgehead atoms. The van der Waals surface area contributed by atoms with Crippen molar-refractivity contribution in [2.75, 3.05) is 7.11 Å². The number of carbonyl (C=O) groups excluding carboxylic acids is 1. The van der Waals surface area contributed by atoms with E-state index in [2.05, 4.69) is 24.9 Å². The fourth-order valence-electron chi connectivity index (χ4n) is 4.26. The summed E-state index contributed by atoms with van der Waals surface area (Å²) >= 11 is 0. The Morgan fingerprint density at radius 2 is 1.72 bits per heavy atom. The van der Waals surface area contributed by atoms with Crippen molar-refractivity contribution in [3.8, 4) is 0 Å². The lowest BCUT2D eigenvalue weighted by Crippen LogP contribution is -2.36. The Bertz CT molecular complexity index is 634. The second kappa shape index (κ2) is 15.0. The standard InChI is InChI=1S/C25H43NO4Si2/c1-24(2,23(29-31-6)30-32-7)16-9-8-12-20(18-25(3,4)22(27)28-5)13-10-14-21-15-11-17-26-19-21/h11,15,17,19-20,23H,8-10,12-14,16,18H2,1-7H3. The van der Waals surface area contributed by atoms with Gasteiger partial charge in [-0.3, -0.25) is 9.78 Å². The van der Waals surface area contributed by atoms with E-state index >= 15 is 0 Å². The minimum Gasteiger partial charge on any atom is -0.469 e. The van der Waals surface area contributed by atoms with E-state index in [4.69, 9.17) is 13.6 Å². The number of rotatable bonds is 17. The zero-order valence-electron chi connectivity index (χ0n) is 21.2. The minimum absolute atomic E-state index is 0.00683. The molecule has 0 aliphatic carbocycles. The van der Waals surface area contributed by atoms with Gasteiger partial charge in [0.05, 0.1) is 12.5 Å². The average molecular weight is 478 g/mol.